The largest absolute Gasteiger partial charge is 0.323 e. The maximum Gasteiger partial charge on any atom is 0.248 e. The number of carbonyl (C=O) groups is 2. The summed E-state index contributed by atoms with van der Waals surface area (Å²) < 4.78 is -1.09. The maximum absolute atomic E-state index is 12.6. The standard InChI is InChI=1S/C17H15NO2S/c1-12(19)17(11-13-7-3-2-4-8-13)16(20)18-14-9-5-6-10-15(14)21-17/h2-10H,11H2,1H3,(H,18,20). The van der Waals surface area contributed by atoms with Crippen molar-refractivity contribution in [3.05, 3.63) is 60.2 Å². The highest BCUT2D eigenvalue weighted by Gasteiger charge is 2.47. The van der Waals surface area contributed by atoms with Crippen molar-refractivity contribution in [3.63, 3.8) is 0 Å². The molecule has 1 amide bonds. The highest BCUT2D eigenvalue weighted by molar-refractivity contribution is 8.02. The van der Waals surface area contributed by atoms with Gasteiger partial charge in [-0.25, -0.2) is 0 Å². The van der Waals surface area contributed by atoms with Gasteiger partial charge in [-0.05, 0) is 24.6 Å². The molecule has 3 rings (SSSR count). The van der Waals surface area contributed by atoms with Crippen LogP contribution in [0.5, 0.6) is 0 Å². The fourth-order valence-electron chi connectivity index (χ4n) is 2.47. The fraction of sp³-hybridized carbons (Fsp3) is 0.176. The maximum atomic E-state index is 12.6. The van der Waals surface area contributed by atoms with Crippen molar-refractivity contribution in [2.75, 3.05) is 5.32 Å². The molecule has 0 bridgehead atoms. The van der Waals surface area contributed by atoms with Gasteiger partial charge in [0.05, 0.1) is 5.69 Å². The van der Waals surface area contributed by atoms with E-state index in [2.05, 4.69) is 5.32 Å². The number of rotatable bonds is 3. The first-order valence-corrected chi connectivity index (χ1v) is 7.58. The third kappa shape index (κ3) is 2.47. The van der Waals surface area contributed by atoms with E-state index in [1.54, 1.807) is 0 Å². The van der Waals surface area contributed by atoms with Crippen LogP contribution in [-0.2, 0) is 16.0 Å². The van der Waals surface area contributed by atoms with Crippen LogP contribution in [0.4, 0.5) is 5.69 Å². The Labute approximate surface area is 127 Å². The topological polar surface area (TPSA) is 46.2 Å². The molecule has 0 spiro atoms. The molecular formula is C17H15NO2S. The molecule has 0 saturated heterocycles. The number of fused-ring (bicyclic) bond motifs is 1. The van der Waals surface area contributed by atoms with Crippen molar-refractivity contribution in [2.24, 2.45) is 0 Å². The zero-order valence-corrected chi connectivity index (χ0v) is 12.4. The van der Waals surface area contributed by atoms with E-state index in [0.29, 0.717) is 6.42 Å². The van der Waals surface area contributed by atoms with Gasteiger partial charge in [-0.3, -0.25) is 9.59 Å². The van der Waals surface area contributed by atoms with E-state index in [1.165, 1.54) is 18.7 Å². The first-order valence-electron chi connectivity index (χ1n) is 6.76. The van der Waals surface area contributed by atoms with E-state index in [-0.39, 0.29) is 11.7 Å². The minimum Gasteiger partial charge on any atom is -0.323 e. The molecule has 2 aromatic carbocycles. The van der Waals surface area contributed by atoms with Gasteiger partial charge in [-0.2, -0.15) is 0 Å². The van der Waals surface area contributed by atoms with Crippen LogP contribution in [0.3, 0.4) is 0 Å². The second kappa shape index (κ2) is 5.37. The molecule has 0 saturated carbocycles. The molecule has 2 aromatic rings. The molecule has 0 radical (unpaired) electrons. The summed E-state index contributed by atoms with van der Waals surface area (Å²) in [6.07, 6.45) is 0.397. The van der Waals surface area contributed by atoms with E-state index >= 15 is 0 Å². The normalized spacial score (nSPS) is 20.5. The summed E-state index contributed by atoms with van der Waals surface area (Å²) in [4.78, 5) is 25.8. The van der Waals surface area contributed by atoms with Gasteiger partial charge in [0.1, 0.15) is 0 Å². The Morgan fingerprint density at radius 1 is 1.10 bits per heavy atom. The van der Waals surface area contributed by atoms with Gasteiger partial charge in [0.2, 0.25) is 5.91 Å². The lowest BCUT2D eigenvalue weighted by Crippen LogP contribution is -2.49. The fourth-order valence-corrected chi connectivity index (χ4v) is 3.75. The number of para-hydroxylation sites is 1. The van der Waals surface area contributed by atoms with E-state index in [0.717, 1.165) is 16.1 Å². The minimum absolute atomic E-state index is 0.122. The highest BCUT2D eigenvalue weighted by Crippen LogP contribution is 2.44. The molecule has 0 aliphatic carbocycles. The summed E-state index contributed by atoms with van der Waals surface area (Å²) in [5.41, 5.74) is 1.76. The number of carbonyl (C=O) groups excluding carboxylic acids is 2. The lowest BCUT2D eigenvalue weighted by Gasteiger charge is -2.34. The Morgan fingerprint density at radius 2 is 1.76 bits per heavy atom. The van der Waals surface area contributed by atoms with E-state index < -0.39 is 4.75 Å². The number of benzene rings is 2. The van der Waals surface area contributed by atoms with Gasteiger partial charge in [0, 0.05) is 11.3 Å². The van der Waals surface area contributed by atoms with Crippen molar-refractivity contribution in [3.8, 4) is 0 Å². The third-order valence-corrected chi connectivity index (χ3v) is 5.19. The van der Waals surface area contributed by atoms with Crippen LogP contribution in [-0.4, -0.2) is 16.4 Å². The Balaban J connectivity index is 2.02. The van der Waals surface area contributed by atoms with Crippen LogP contribution in [0.25, 0.3) is 0 Å². The van der Waals surface area contributed by atoms with Crippen molar-refractivity contribution in [2.45, 2.75) is 23.0 Å². The summed E-state index contributed by atoms with van der Waals surface area (Å²) in [5, 5.41) is 2.87. The van der Waals surface area contributed by atoms with Gasteiger partial charge in [-0.1, -0.05) is 54.2 Å². The predicted molar refractivity (Wildman–Crippen MR) is 84.5 cm³/mol. The van der Waals surface area contributed by atoms with Crippen LogP contribution in [0.2, 0.25) is 0 Å². The molecule has 106 valence electrons. The molecule has 3 nitrogen and oxygen atoms in total. The van der Waals surface area contributed by atoms with Gasteiger partial charge >= 0.3 is 0 Å². The van der Waals surface area contributed by atoms with Crippen LogP contribution >= 0.6 is 11.8 Å². The van der Waals surface area contributed by atoms with Gasteiger partial charge < -0.3 is 5.32 Å². The predicted octanol–water partition coefficient (Wildman–Crippen LogP) is 3.30. The van der Waals surface area contributed by atoms with Gasteiger partial charge in [-0.15, -0.1) is 0 Å². The summed E-state index contributed by atoms with van der Waals surface area (Å²) in [5.74, 6) is -0.356. The molecule has 4 heteroatoms. The molecule has 1 unspecified atom stereocenters. The summed E-state index contributed by atoms with van der Waals surface area (Å²) in [7, 11) is 0. The molecule has 1 atom stereocenters. The molecule has 21 heavy (non-hydrogen) atoms. The minimum atomic E-state index is -1.09. The number of hydrogen-bond donors (Lipinski definition) is 1. The van der Waals surface area contributed by atoms with Crippen LogP contribution < -0.4 is 5.32 Å². The Hall–Kier alpha value is -2.07. The van der Waals surface area contributed by atoms with Crippen molar-refractivity contribution in [1.29, 1.82) is 0 Å². The van der Waals surface area contributed by atoms with Crippen molar-refractivity contribution >= 4 is 29.1 Å². The van der Waals surface area contributed by atoms with E-state index in [9.17, 15) is 9.59 Å². The first-order chi connectivity index (χ1) is 10.1. The molecule has 1 aliphatic rings. The lowest BCUT2D eigenvalue weighted by atomic mass is 9.93. The molecule has 1 N–H and O–H groups in total. The van der Waals surface area contributed by atoms with Gasteiger partial charge in [0.25, 0.3) is 0 Å². The number of hydrogen-bond acceptors (Lipinski definition) is 3. The lowest BCUT2D eigenvalue weighted by molar-refractivity contribution is -0.127. The summed E-state index contributed by atoms with van der Waals surface area (Å²) >= 11 is 1.35. The van der Waals surface area contributed by atoms with Crippen LogP contribution in [0.1, 0.15) is 12.5 Å². The zero-order valence-electron chi connectivity index (χ0n) is 11.6. The smallest absolute Gasteiger partial charge is 0.248 e. The number of anilines is 1. The summed E-state index contributed by atoms with van der Waals surface area (Å²) in [6, 6.07) is 17.2. The van der Waals surface area contributed by atoms with E-state index in [1.807, 2.05) is 54.6 Å². The monoisotopic (exact) mass is 297 g/mol. The molecule has 0 aromatic heterocycles. The molecular weight excluding hydrogens is 282 g/mol. The van der Waals surface area contributed by atoms with E-state index in [4.69, 9.17) is 0 Å². The second-order valence-corrected chi connectivity index (χ2v) is 6.44. The Kier molecular flexibility index (Phi) is 3.55. The SMILES string of the molecule is CC(=O)C1(Cc2ccccc2)Sc2ccccc2NC1=O. The van der Waals surface area contributed by atoms with Crippen LogP contribution in [0.15, 0.2) is 59.5 Å². The summed E-state index contributed by atoms with van der Waals surface area (Å²) in [6.45, 7) is 1.49. The number of Topliss-reactive ketones (excluding diaryl/α,β-unsaturated/α-hetero) is 1. The number of nitrogens with one attached hydrogen (secondary N) is 1. The Bertz CT molecular complexity index is 699. The second-order valence-electron chi connectivity index (χ2n) is 5.10. The number of amides is 1. The first kappa shape index (κ1) is 13.9. The molecule has 0 fully saturated rings. The van der Waals surface area contributed by atoms with Gasteiger partial charge in [0.15, 0.2) is 10.5 Å². The van der Waals surface area contributed by atoms with Crippen LogP contribution in [0, 0.1) is 0 Å². The zero-order chi connectivity index (χ0) is 14.9. The van der Waals surface area contributed by atoms with Crippen molar-refractivity contribution in [1.82, 2.24) is 0 Å². The molecule has 1 aliphatic heterocycles. The quantitative estimate of drug-likeness (QED) is 0.884. The number of thioether (sulfide) groups is 1. The van der Waals surface area contributed by atoms with Crippen molar-refractivity contribution < 1.29 is 9.59 Å². The average Bonchev–Trinajstić information content (AvgIpc) is 2.49. The molecule has 1 heterocycles. The third-order valence-electron chi connectivity index (χ3n) is 3.65. The number of ketones is 1. The average molecular weight is 297 g/mol. The Morgan fingerprint density at radius 3 is 2.48 bits per heavy atom. The highest BCUT2D eigenvalue weighted by atomic mass is 32.2.